The maximum Gasteiger partial charge on any atom is 0.214 e. The molecule has 0 aliphatic carbocycles. The van der Waals surface area contributed by atoms with Crippen LogP contribution in [0.25, 0.3) is 0 Å². The molecule has 5 heteroatoms. The van der Waals surface area contributed by atoms with Gasteiger partial charge in [0.25, 0.3) is 0 Å². The normalized spacial score (nSPS) is 13.8. The van der Waals surface area contributed by atoms with Gasteiger partial charge in [-0.15, -0.1) is 0 Å². The fourth-order valence-electron chi connectivity index (χ4n) is 0.669. The molecule has 4 nitrogen and oxygen atoms in total. The molecule has 0 unspecified atom stereocenters. The van der Waals surface area contributed by atoms with Crippen LogP contribution in [-0.2, 0) is 10.0 Å². The van der Waals surface area contributed by atoms with Crippen molar-refractivity contribution in [3.05, 3.63) is 0 Å². The lowest BCUT2D eigenvalue weighted by molar-refractivity contribution is 0.177. The van der Waals surface area contributed by atoms with Crippen LogP contribution in [-0.4, -0.2) is 44.3 Å². The van der Waals surface area contributed by atoms with Crippen LogP contribution >= 0.6 is 0 Å². The zero-order valence-corrected chi connectivity index (χ0v) is 8.85. The molecule has 0 bridgehead atoms. The van der Waals surface area contributed by atoms with Crippen molar-refractivity contribution in [1.29, 1.82) is 0 Å². The monoisotopic (exact) mass is 195 g/mol. The summed E-state index contributed by atoms with van der Waals surface area (Å²) in [6.07, 6.45) is 0. The molecule has 0 saturated carbocycles. The SMILES string of the molecule is CN(C)S(=O)(=O)CC(C)(C)CO. The summed E-state index contributed by atoms with van der Waals surface area (Å²) in [7, 11) is -0.217. The van der Waals surface area contributed by atoms with Crippen LogP contribution in [0.15, 0.2) is 0 Å². The highest BCUT2D eigenvalue weighted by Gasteiger charge is 2.26. The fraction of sp³-hybridized carbons (Fsp3) is 1.00. The van der Waals surface area contributed by atoms with E-state index in [2.05, 4.69) is 0 Å². The average Bonchev–Trinajstić information content (AvgIpc) is 1.85. The van der Waals surface area contributed by atoms with E-state index in [9.17, 15) is 8.42 Å². The highest BCUT2D eigenvalue weighted by Crippen LogP contribution is 2.17. The standard InChI is InChI=1S/C7H17NO3S/c1-7(2,5-9)6-12(10,11)8(3)4/h9H,5-6H2,1-4H3. The summed E-state index contributed by atoms with van der Waals surface area (Å²) in [6, 6.07) is 0. The van der Waals surface area contributed by atoms with Crippen LogP contribution in [0.2, 0.25) is 0 Å². The highest BCUT2D eigenvalue weighted by molar-refractivity contribution is 7.89. The average molecular weight is 195 g/mol. The van der Waals surface area contributed by atoms with Gasteiger partial charge in [-0.05, 0) is 0 Å². The maximum atomic E-state index is 11.3. The van der Waals surface area contributed by atoms with E-state index in [4.69, 9.17) is 5.11 Å². The molecule has 74 valence electrons. The van der Waals surface area contributed by atoms with Gasteiger partial charge in [0.2, 0.25) is 10.0 Å². The number of hydrogen-bond acceptors (Lipinski definition) is 3. The second kappa shape index (κ2) is 3.72. The van der Waals surface area contributed by atoms with E-state index in [1.54, 1.807) is 13.8 Å². The summed E-state index contributed by atoms with van der Waals surface area (Å²) < 4.78 is 23.8. The van der Waals surface area contributed by atoms with Gasteiger partial charge < -0.3 is 5.11 Å². The first-order chi connectivity index (χ1) is 5.21. The molecule has 0 spiro atoms. The number of hydrogen-bond donors (Lipinski definition) is 1. The summed E-state index contributed by atoms with van der Waals surface area (Å²) in [5.41, 5.74) is -0.566. The van der Waals surface area contributed by atoms with Crippen molar-refractivity contribution in [2.45, 2.75) is 13.8 Å². The minimum Gasteiger partial charge on any atom is -0.396 e. The molecular weight excluding hydrogens is 178 g/mol. The predicted molar refractivity (Wildman–Crippen MR) is 48.3 cm³/mol. The quantitative estimate of drug-likeness (QED) is 0.681. The molecular formula is C7H17NO3S. The molecule has 0 radical (unpaired) electrons. The van der Waals surface area contributed by atoms with Crippen LogP contribution in [0.5, 0.6) is 0 Å². The van der Waals surface area contributed by atoms with Crippen molar-refractivity contribution >= 4 is 10.0 Å². The molecule has 12 heavy (non-hydrogen) atoms. The number of aliphatic hydroxyl groups excluding tert-OH is 1. The third-order valence-corrected chi connectivity index (χ3v) is 3.82. The van der Waals surface area contributed by atoms with E-state index in [0.29, 0.717) is 0 Å². The molecule has 0 rings (SSSR count). The second-order valence-corrected chi connectivity index (χ2v) is 6.04. The van der Waals surface area contributed by atoms with E-state index in [1.165, 1.54) is 18.4 Å². The Morgan fingerprint density at radius 3 is 2.00 bits per heavy atom. The first kappa shape index (κ1) is 11.9. The van der Waals surface area contributed by atoms with E-state index < -0.39 is 15.4 Å². The molecule has 0 aliphatic rings. The van der Waals surface area contributed by atoms with Crippen molar-refractivity contribution < 1.29 is 13.5 Å². The Bertz CT molecular complexity index is 231. The third kappa shape index (κ3) is 3.51. The Hall–Kier alpha value is -0.130. The molecule has 0 aromatic rings. The van der Waals surface area contributed by atoms with E-state index >= 15 is 0 Å². The highest BCUT2D eigenvalue weighted by atomic mass is 32.2. The van der Waals surface area contributed by atoms with Crippen molar-refractivity contribution in [1.82, 2.24) is 4.31 Å². The Morgan fingerprint density at radius 1 is 1.33 bits per heavy atom. The fourth-order valence-corrected chi connectivity index (χ4v) is 2.01. The molecule has 0 amide bonds. The van der Waals surface area contributed by atoms with E-state index in [1.807, 2.05) is 0 Å². The smallest absolute Gasteiger partial charge is 0.214 e. The Balaban J connectivity index is 4.47. The van der Waals surface area contributed by atoms with Gasteiger partial charge in [-0.25, -0.2) is 12.7 Å². The number of sulfonamides is 1. The summed E-state index contributed by atoms with van der Waals surface area (Å²) in [6.45, 7) is 3.31. The molecule has 0 fully saturated rings. The van der Waals surface area contributed by atoms with Crippen molar-refractivity contribution in [3.63, 3.8) is 0 Å². The third-order valence-electron chi connectivity index (χ3n) is 1.56. The maximum absolute atomic E-state index is 11.3. The molecule has 0 aromatic carbocycles. The van der Waals surface area contributed by atoms with Gasteiger partial charge in [0.05, 0.1) is 5.75 Å². The Kier molecular flexibility index (Phi) is 3.68. The van der Waals surface area contributed by atoms with Gasteiger partial charge in [0.15, 0.2) is 0 Å². The van der Waals surface area contributed by atoms with Crippen molar-refractivity contribution in [2.75, 3.05) is 26.5 Å². The second-order valence-electron chi connectivity index (χ2n) is 3.86. The van der Waals surface area contributed by atoms with Crippen LogP contribution in [0.1, 0.15) is 13.8 Å². The van der Waals surface area contributed by atoms with E-state index in [0.717, 1.165) is 0 Å². The summed E-state index contributed by atoms with van der Waals surface area (Å²) in [5, 5.41) is 8.86. The van der Waals surface area contributed by atoms with E-state index in [-0.39, 0.29) is 12.4 Å². The van der Waals surface area contributed by atoms with Gasteiger partial charge in [-0.2, -0.15) is 0 Å². The van der Waals surface area contributed by atoms with Gasteiger partial charge >= 0.3 is 0 Å². The van der Waals surface area contributed by atoms with Gasteiger partial charge in [0, 0.05) is 26.1 Å². The van der Waals surface area contributed by atoms with Crippen molar-refractivity contribution in [2.24, 2.45) is 5.41 Å². The van der Waals surface area contributed by atoms with Crippen molar-refractivity contribution in [3.8, 4) is 0 Å². The van der Waals surface area contributed by atoms with Gasteiger partial charge in [-0.1, -0.05) is 13.8 Å². The molecule has 0 aliphatic heterocycles. The molecule has 0 aromatic heterocycles. The number of nitrogens with zero attached hydrogens (tertiary/aromatic N) is 1. The number of aliphatic hydroxyl groups is 1. The lowest BCUT2D eigenvalue weighted by atomic mass is 9.98. The summed E-state index contributed by atoms with van der Waals surface area (Å²) >= 11 is 0. The lowest BCUT2D eigenvalue weighted by Gasteiger charge is -2.23. The van der Waals surface area contributed by atoms with Crippen LogP contribution in [0, 0.1) is 5.41 Å². The first-order valence-electron chi connectivity index (χ1n) is 3.72. The minimum atomic E-state index is -3.19. The Morgan fingerprint density at radius 2 is 1.75 bits per heavy atom. The molecule has 0 saturated heterocycles. The summed E-state index contributed by atoms with van der Waals surface area (Å²) in [4.78, 5) is 0. The molecule has 0 heterocycles. The van der Waals surface area contributed by atoms with Gasteiger partial charge in [0.1, 0.15) is 0 Å². The minimum absolute atomic E-state index is 0.0243. The lowest BCUT2D eigenvalue weighted by Crippen LogP contribution is -2.34. The van der Waals surface area contributed by atoms with Crippen LogP contribution in [0.3, 0.4) is 0 Å². The zero-order chi connectivity index (χ0) is 9.99. The topological polar surface area (TPSA) is 57.6 Å². The number of rotatable bonds is 4. The van der Waals surface area contributed by atoms with Crippen LogP contribution in [0.4, 0.5) is 0 Å². The molecule has 1 N–H and O–H groups in total. The summed E-state index contributed by atoms with van der Waals surface area (Å²) in [5.74, 6) is -0.0243. The predicted octanol–water partition coefficient (Wildman–Crippen LogP) is -0.104. The Labute approximate surface area is 74.2 Å². The first-order valence-corrected chi connectivity index (χ1v) is 5.33. The largest absolute Gasteiger partial charge is 0.396 e. The van der Waals surface area contributed by atoms with Crippen LogP contribution < -0.4 is 0 Å². The van der Waals surface area contributed by atoms with Gasteiger partial charge in [-0.3, -0.25) is 0 Å². The molecule has 0 atom stereocenters. The zero-order valence-electron chi connectivity index (χ0n) is 8.03.